The van der Waals surface area contributed by atoms with Gasteiger partial charge in [-0.25, -0.2) is 0 Å². The van der Waals surface area contributed by atoms with Crippen LogP contribution >= 0.6 is 24.8 Å². The summed E-state index contributed by atoms with van der Waals surface area (Å²) < 4.78 is 0.144. The first-order valence-electron chi connectivity index (χ1n) is 6.11. The van der Waals surface area contributed by atoms with E-state index >= 15 is 0 Å². The number of amides is 1. The number of carboxylic acid groups (broad SMARTS) is 1. The Morgan fingerprint density at radius 1 is 1.33 bits per heavy atom. The second-order valence-corrected chi connectivity index (χ2v) is 5.87. The van der Waals surface area contributed by atoms with E-state index in [1.807, 2.05) is 0 Å². The van der Waals surface area contributed by atoms with E-state index in [0.29, 0.717) is 17.8 Å². The van der Waals surface area contributed by atoms with E-state index < -0.39 is 24.5 Å². The first-order valence-corrected chi connectivity index (χ1v) is 8.01. The maximum atomic E-state index is 11.7. The van der Waals surface area contributed by atoms with Crippen molar-refractivity contribution in [3.8, 4) is 0 Å². The summed E-state index contributed by atoms with van der Waals surface area (Å²) in [6, 6.07) is -0.918. The molecule has 2 atom stereocenters. The first kappa shape index (κ1) is 20.3. The molecule has 0 aliphatic carbocycles. The third-order valence-corrected chi connectivity index (χ3v) is 3.84. The molecule has 21 heavy (non-hydrogen) atoms. The number of nitrogens with one attached hydrogen (secondary N) is 3. The van der Waals surface area contributed by atoms with E-state index in [9.17, 15) is 14.7 Å². The Bertz CT molecular complexity index is 409. The molecule has 0 aromatic rings. The van der Waals surface area contributed by atoms with Crippen molar-refractivity contribution >= 4 is 61.9 Å². The molecule has 0 unspecified atom stereocenters. The molecule has 0 radical (unpaired) electrons. The molecule has 10 heteroatoms. The van der Waals surface area contributed by atoms with Crippen LogP contribution < -0.4 is 16.0 Å². The Labute approximate surface area is 142 Å². The van der Waals surface area contributed by atoms with Crippen molar-refractivity contribution in [1.29, 1.82) is 0 Å². The van der Waals surface area contributed by atoms with Gasteiger partial charge in [0.15, 0.2) is 0 Å². The Morgan fingerprint density at radius 3 is 2.38 bits per heavy atom. The van der Waals surface area contributed by atoms with E-state index in [-0.39, 0.29) is 16.4 Å². The van der Waals surface area contributed by atoms with Gasteiger partial charge < -0.3 is 0 Å². The topological polar surface area (TPSA) is 111 Å². The fourth-order valence-corrected chi connectivity index (χ4v) is 2.42. The van der Waals surface area contributed by atoms with Crippen LogP contribution in [0.5, 0.6) is 0 Å². The molecular weight excluding hydrogens is 381 g/mol. The summed E-state index contributed by atoms with van der Waals surface area (Å²) in [6.07, 6.45) is 1.01. The quantitative estimate of drug-likeness (QED) is 0.150. The summed E-state index contributed by atoms with van der Waals surface area (Å²) in [4.78, 5) is 22.6. The number of carbonyl (C=O) groups excluding carboxylic acids is 1. The van der Waals surface area contributed by atoms with Gasteiger partial charge in [-0.3, -0.25) is 0 Å². The van der Waals surface area contributed by atoms with Gasteiger partial charge in [-0.2, -0.15) is 0 Å². The fourth-order valence-electron chi connectivity index (χ4n) is 1.41. The predicted octanol–water partition coefficient (Wildman–Crippen LogP) is -1.56. The number of aliphatic hydroxyl groups excluding tert-OH is 1. The van der Waals surface area contributed by atoms with Crippen LogP contribution in [0.25, 0.3) is 0 Å². The van der Waals surface area contributed by atoms with E-state index in [4.69, 9.17) is 17.3 Å². The molecule has 0 rings (SSSR count). The number of rotatable bonds is 10. The van der Waals surface area contributed by atoms with Gasteiger partial charge in [-0.05, 0) is 0 Å². The van der Waals surface area contributed by atoms with Crippen LogP contribution in [0, 0.1) is 0 Å². The molecule has 0 bridgehead atoms. The van der Waals surface area contributed by atoms with Crippen LogP contribution in [0.2, 0.25) is 0 Å². The average Bonchev–Trinajstić information content (AvgIpc) is 2.42. The van der Waals surface area contributed by atoms with Gasteiger partial charge in [-0.1, -0.05) is 0 Å². The number of carbonyl (C=O) groups is 2. The molecule has 120 valence electrons. The van der Waals surface area contributed by atoms with Crippen molar-refractivity contribution in [3.05, 3.63) is 0 Å². The summed E-state index contributed by atoms with van der Waals surface area (Å²) in [5.74, 6) is -1.41. The fraction of sp³-hybridized carbons (Fsp3) is 0.636. The van der Waals surface area contributed by atoms with E-state index in [1.165, 1.54) is 0 Å². The summed E-state index contributed by atoms with van der Waals surface area (Å²) in [5.41, 5.74) is 0. The minimum atomic E-state index is -1.12. The number of aliphatic carboxylic acids is 1. The molecule has 0 saturated heterocycles. The number of hydrogen-bond donors (Lipinski definition) is 6. The van der Waals surface area contributed by atoms with Crippen LogP contribution in [-0.4, -0.2) is 78.7 Å². The minimum absolute atomic E-state index is 0.144. The summed E-state index contributed by atoms with van der Waals surface area (Å²) in [7, 11) is 1.71. The molecule has 0 heterocycles. The van der Waals surface area contributed by atoms with Crippen molar-refractivity contribution in [2.24, 2.45) is 0 Å². The summed E-state index contributed by atoms with van der Waals surface area (Å²) >= 11 is 11.7. The molecule has 0 saturated carbocycles. The van der Waals surface area contributed by atoms with Crippen molar-refractivity contribution in [2.45, 2.75) is 24.9 Å². The third-order valence-electron chi connectivity index (χ3n) is 2.55. The molecule has 0 fully saturated rings. The number of likely N-dealkylation sites (N-methyl/N-ethyl adjacent to an activating group) is 1. The predicted molar refractivity (Wildman–Crippen MR) is 88.8 cm³/mol. The van der Waals surface area contributed by atoms with Crippen molar-refractivity contribution < 1.29 is 19.8 Å². The summed E-state index contributed by atoms with van der Waals surface area (Å²) in [6.45, 7) is -0.451. The molecular formula is C11H19N3O4S2Se. The standard InChI is InChI=1S/C11H19N3O4S2Se/c1-12-6(11(18)21)2-3-8(20)14-7(5-19)10(17)13-4-9(15)16/h6-7,12,19H,2-5H2,1H3,(H,13,17)(H,14,20)(H,15,16)(H,18,21)/t6-,7-/m0/s1. The van der Waals surface area contributed by atoms with Gasteiger partial charge in [0.1, 0.15) is 0 Å². The monoisotopic (exact) mass is 401 g/mol. The SMILES string of the molecule is CN[C@@H](CCC(=S)N[C@@H](CS)C(=O)NCC(=O)O)C(O)=[Se]. The third kappa shape index (κ3) is 9.05. The van der Waals surface area contributed by atoms with Gasteiger partial charge in [0.05, 0.1) is 0 Å². The molecule has 0 aromatic heterocycles. The molecule has 7 nitrogen and oxygen atoms in total. The molecule has 0 aromatic carbocycles. The van der Waals surface area contributed by atoms with Gasteiger partial charge in [0.25, 0.3) is 0 Å². The number of aliphatic hydroxyl groups is 1. The van der Waals surface area contributed by atoms with Gasteiger partial charge in [0, 0.05) is 0 Å². The zero-order chi connectivity index (χ0) is 16.4. The average molecular weight is 400 g/mol. The van der Waals surface area contributed by atoms with Gasteiger partial charge in [-0.15, -0.1) is 0 Å². The number of thiol groups is 1. The van der Waals surface area contributed by atoms with Crippen molar-refractivity contribution in [1.82, 2.24) is 16.0 Å². The van der Waals surface area contributed by atoms with E-state index in [2.05, 4.69) is 44.2 Å². The Morgan fingerprint density at radius 2 is 1.95 bits per heavy atom. The second-order valence-electron chi connectivity index (χ2n) is 4.13. The Hall–Kier alpha value is -0.671. The number of hydrogen-bond acceptors (Lipinski definition) is 6. The summed E-state index contributed by atoms with van der Waals surface area (Å²) in [5, 5.41) is 25.9. The molecule has 0 aliphatic rings. The molecule has 0 spiro atoms. The van der Waals surface area contributed by atoms with Crippen molar-refractivity contribution in [2.75, 3.05) is 19.3 Å². The van der Waals surface area contributed by atoms with Crippen molar-refractivity contribution in [3.63, 3.8) is 0 Å². The molecule has 1 amide bonds. The zero-order valence-corrected chi connectivity index (χ0v) is 14.9. The van der Waals surface area contributed by atoms with Crippen LogP contribution in [0.3, 0.4) is 0 Å². The van der Waals surface area contributed by atoms with E-state index in [0.717, 1.165) is 0 Å². The molecule has 5 N–H and O–H groups in total. The second kappa shape index (κ2) is 11.0. The Balaban J connectivity index is 4.29. The molecule has 0 aliphatic heterocycles. The van der Waals surface area contributed by atoms with Crippen LogP contribution in [0.15, 0.2) is 0 Å². The van der Waals surface area contributed by atoms with Gasteiger partial charge >= 0.3 is 142 Å². The first-order chi connectivity index (χ1) is 9.81. The number of thiocarbonyl (C=S) groups is 1. The zero-order valence-electron chi connectivity index (χ0n) is 11.5. The Kier molecular flexibility index (Phi) is 10.6. The van der Waals surface area contributed by atoms with Crippen LogP contribution in [0.1, 0.15) is 12.8 Å². The number of carboxylic acids is 1. The van der Waals surface area contributed by atoms with Gasteiger partial charge in [0.2, 0.25) is 0 Å². The van der Waals surface area contributed by atoms with Crippen LogP contribution in [0.4, 0.5) is 0 Å². The van der Waals surface area contributed by atoms with Crippen LogP contribution in [-0.2, 0) is 9.59 Å². The van der Waals surface area contributed by atoms with E-state index in [1.54, 1.807) is 7.05 Å². The normalized spacial score (nSPS) is 13.0. The maximum absolute atomic E-state index is 11.7.